The second kappa shape index (κ2) is 7.96. The van der Waals surface area contributed by atoms with Crippen molar-refractivity contribution in [3.05, 3.63) is 45.0 Å². The first-order valence-electron chi connectivity index (χ1n) is 10.2. The van der Waals surface area contributed by atoms with Crippen LogP contribution < -0.4 is 20.8 Å². The van der Waals surface area contributed by atoms with Crippen LogP contribution in [0.1, 0.15) is 42.6 Å². The van der Waals surface area contributed by atoms with E-state index in [0.717, 1.165) is 36.3 Å². The lowest BCUT2D eigenvalue weighted by molar-refractivity contribution is 0.0694. The molecule has 0 bridgehead atoms. The molecule has 0 radical (unpaired) electrons. The summed E-state index contributed by atoms with van der Waals surface area (Å²) in [6.45, 7) is 3.41. The second-order valence-corrected chi connectivity index (χ2v) is 8.15. The van der Waals surface area contributed by atoms with Gasteiger partial charge in [0.15, 0.2) is 11.6 Å². The third-order valence-electron chi connectivity index (χ3n) is 6.19. The summed E-state index contributed by atoms with van der Waals surface area (Å²) in [4.78, 5) is 26.2. The van der Waals surface area contributed by atoms with E-state index in [4.69, 9.17) is 10.5 Å². The lowest BCUT2D eigenvalue weighted by atomic mass is 9.98. The average molecular weight is 433 g/mol. The normalized spacial score (nSPS) is 22.5. The molecule has 2 aromatic rings. The largest absolute Gasteiger partial charge is 0.492 e. The Labute approximate surface area is 177 Å². The number of aromatic nitrogens is 1. The molecule has 2 fully saturated rings. The van der Waals surface area contributed by atoms with E-state index in [2.05, 4.69) is 0 Å². The molecule has 166 valence electrons. The van der Waals surface area contributed by atoms with Gasteiger partial charge in [0.1, 0.15) is 17.4 Å². The highest BCUT2D eigenvalue weighted by Crippen LogP contribution is 2.45. The van der Waals surface area contributed by atoms with Crippen molar-refractivity contribution in [1.29, 1.82) is 0 Å². The van der Waals surface area contributed by atoms with Crippen molar-refractivity contribution < 1.29 is 23.4 Å². The van der Waals surface area contributed by atoms with Crippen molar-refractivity contribution in [1.82, 2.24) is 4.57 Å². The van der Waals surface area contributed by atoms with E-state index in [9.17, 15) is 19.1 Å². The highest BCUT2D eigenvalue weighted by molar-refractivity contribution is 5.97. The lowest BCUT2D eigenvalue weighted by Crippen LogP contribution is -2.33. The summed E-state index contributed by atoms with van der Waals surface area (Å²) < 4.78 is 36.3. The van der Waals surface area contributed by atoms with Gasteiger partial charge in [-0.2, -0.15) is 0 Å². The molecule has 4 rings (SSSR count). The van der Waals surface area contributed by atoms with E-state index in [1.165, 1.54) is 11.7 Å². The quantitative estimate of drug-likeness (QED) is 0.704. The van der Waals surface area contributed by atoms with Crippen molar-refractivity contribution in [2.75, 3.05) is 31.6 Å². The Kier molecular flexibility index (Phi) is 5.47. The van der Waals surface area contributed by atoms with Crippen LogP contribution in [-0.4, -0.2) is 48.6 Å². The molecule has 0 amide bonds. The highest BCUT2D eigenvalue weighted by atomic mass is 19.1. The molecule has 3 N–H and O–H groups in total. The SMILES string of the molecule is COc1c(N2CCCC(=C(C)CN)C2)c(F)cc2c(=O)c(C(=O)O)cn(C3CC3F)c12. The minimum Gasteiger partial charge on any atom is -0.492 e. The molecule has 1 saturated carbocycles. The number of carbonyl (C=O) groups is 1. The third kappa shape index (κ3) is 3.56. The number of methoxy groups -OCH3 is 1. The Morgan fingerprint density at radius 3 is 2.71 bits per heavy atom. The molecule has 1 aromatic heterocycles. The van der Waals surface area contributed by atoms with Crippen LogP contribution in [0.5, 0.6) is 5.75 Å². The zero-order chi connectivity index (χ0) is 22.4. The standard InChI is InChI=1S/C22H25F2N3O4/c1-11(8-25)12-4-3-5-26(9-12)19-16(24)6-13-18(21(19)31-2)27(17-7-15(17)23)10-14(20(13)28)22(29)30/h6,10,15,17H,3-5,7-9,25H2,1-2H3,(H,29,30). The Hall–Kier alpha value is -2.94. The summed E-state index contributed by atoms with van der Waals surface area (Å²) in [5.74, 6) is -2.02. The number of aromatic carboxylic acids is 1. The zero-order valence-corrected chi connectivity index (χ0v) is 17.5. The Balaban J connectivity index is 1.98. The number of nitrogens with zero attached hydrogens (tertiary/aromatic N) is 2. The van der Waals surface area contributed by atoms with Crippen LogP contribution >= 0.6 is 0 Å². The third-order valence-corrected chi connectivity index (χ3v) is 6.19. The molecular formula is C22H25F2N3O4. The van der Waals surface area contributed by atoms with Gasteiger partial charge in [0.2, 0.25) is 5.43 Å². The number of hydrogen-bond acceptors (Lipinski definition) is 5. The van der Waals surface area contributed by atoms with Crippen LogP contribution in [0.4, 0.5) is 14.5 Å². The van der Waals surface area contributed by atoms with Crippen LogP contribution in [0.25, 0.3) is 10.9 Å². The lowest BCUT2D eigenvalue weighted by Gasteiger charge is -2.33. The molecule has 2 aliphatic rings. The maximum Gasteiger partial charge on any atom is 0.341 e. The molecule has 1 saturated heterocycles. The van der Waals surface area contributed by atoms with Gasteiger partial charge in [-0.05, 0) is 25.8 Å². The molecule has 1 aromatic carbocycles. The van der Waals surface area contributed by atoms with Gasteiger partial charge in [-0.15, -0.1) is 0 Å². The molecule has 1 aliphatic carbocycles. The highest BCUT2D eigenvalue weighted by Gasteiger charge is 2.41. The number of halogens is 2. The van der Waals surface area contributed by atoms with Crippen LogP contribution in [0.3, 0.4) is 0 Å². The first kappa shape index (κ1) is 21.3. The van der Waals surface area contributed by atoms with E-state index in [-0.39, 0.29) is 28.8 Å². The van der Waals surface area contributed by atoms with Crippen molar-refractivity contribution in [3.63, 3.8) is 0 Å². The number of piperidine rings is 1. The maximum atomic E-state index is 15.4. The number of anilines is 1. The van der Waals surface area contributed by atoms with E-state index in [1.807, 2.05) is 11.8 Å². The van der Waals surface area contributed by atoms with Crippen molar-refractivity contribution in [3.8, 4) is 5.75 Å². The van der Waals surface area contributed by atoms with Crippen LogP contribution in [-0.2, 0) is 0 Å². The number of alkyl halides is 1. The van der Waals surface area contributed by atoms with Gasteiger partial charge in [0.25, 0.3) is 0 Å². The fourth-order valence-electron chi connectivity index (χ4n) is 4.34. The molecular weight excluding hydrogens is 408 g/mol. The van der Waals surface area contributed by atoms with Gasteiger partial charge < -0.3 is 25.0 Å². The summed E-state index contributed by atoms with van der Waals surface area (Å²) in [5, 5.41) is 9.28. The minimum absolute atomic E-state index is 0.106. The van der Waals surface area contributed by atoms with Crippen molar-refractivity contribution >= 4 is 22.6 Å². The number of nitrogens with two attached hydrogens (primary N) is 1. The van der Waals surface area contributed by atoms with Crippen LogP contribution in [0, 0.1) is 5.82 Å². The van der Waals surface area contributed by atoms with Crippen molar-refractivity contribution in [2.24, 2.45) is 5.73 Å². The maximum absolute atomic E-state index is 15.4. The number of fused-ring (bicyclic) bond motifs is 1. The fraction of sp³-hybridized carbons (Fsp3) is 0.455. The monoisotopic (exact) mass is 433 g/mol. The molecule has 1 aliphatic heterocycles. The zero-order valence-electron chi connectivity index (χ0n) is 17.5. The average Bonchev–Trinajstić information content (AvgIpc) is 3.48. The van der Waals surface area contributed by atoms with Gasteiger partial charge in [-0.3, -0.25) is 4.79 Å². The molecule has 31 heavy (non-hydrogen) atoms. The van der Waals surface area contributed by atoms with Crippen LogP contribution in [0.15, 0.2) is 28.2 Å². The van der Waals surface area contributed by atoms with Gasteiger partial charge in [-0.25, -0.2) is 13.6 Å². The van der Waals surface area contributed by atoms with Crippen molar-refractivity contribution in [2.45, 2.75) is 38.4 Å². The topological polar surface area (TPSA) is 97.8 Å². The molecule has 2 heterocycles. The summed E-state index contributed by atoms with van der Waals surface area (Å²) in [5.41, 5.74) is 7.00. The molecule has 2 unspecified atom stereocenters. The van der Waals surface area contributed by atoms with Gasteiger partial charge in [0.05, 0.1) is 24.1 Å². The summed E-state index contributed by atoms with van der Waals surface area (Å²) in [6.07, 6.45) is 1.84. The van der Waals surface area contributed by atoms with Gasteiger partial charge >= 0.3 is 5.97 Å². The Morgan fingerprint density at radius 2 is 2.13 bits per heavy atom. The molecule has 7 nitrogen and oxygen atoms in total. The first-order valence-corrected chi connectivity index (χ1v) is 10.2. The second-order valence-electron chi connectivity index (χ2n) is 8.15. The number of carboxylic acid groups (broad SMARTS) is 1. The van der Waals surface area contributed by atoms with Crippen LogP contribution in [0.2, 0.25) is 0 Å². The molecule has 0 spiro atoms. The fourth-order valence-corrected chi connectivity index (χ4v) is 4.34. The van der Waals surface area contributed by atoms with E-state index < -0.39 is 35.0 Å². The summed E-state index contributed by atoms with van der Waals surface area (Å²) >= 11 is 0. The molecule has 2 atom stereocenters. The van der Waals surface area contributed by atoms with E-state index in [1.54, 1.807) is 0 Å². The number of ether oxygens (including phenoxy) is 1. The van der Waals surface area contributed by atoms with E-state index in [0.29, 0.717) is 19.6 Å². The predicted molar refractivity (Wildman–Crippen MR) is 113 cm³/mol. The number of carboxylic acids is 1. The number of pyridine rings is 1. The first-order chi connectivity index (χ1) is 14.8. The Bertz CT molecular complexity index is 1160. The van der Waals surface area contributed by atoms with Gasteiger partial charge in [0, 0.05) is 32.3 Å². The predicted octanol–water partition coefficient (Wildman–Crippen LogP) is 3.01. The number of benzene rings is 1. The number of hydrogen-bond donors (Lipinski definition) is 2. The van der Waals surface area contributed by atoms with E-state index >= 15 is 4.39 Å². The molecule has 9 heteroatoms. The smallest absolute Gasteiger partial charge is 0.341 e. The summed E-state index contributed by atoms with van der Waals surface area (Å²) in [6, 6.07) is 0.423. The van der Waals surface area contributed by atoms with Gasteiger partial charge in [-0.1, -0.05) is 11.1 Å². The summed E-state index contributed by atoms with van der Waals surface area (Å²) in [7, 11) is 1.36. The minimum atomic E-state index is -1.44. The number of rotatable bonds is 5. The Morgan fingerprint density at radius 1 is 1.42 bits per heavy atom.